The molecule has 1 aliphatic heterocycles. The number of halogens is 1. The highest BCUT2D eigenvalue weighted by Crippen LogP contribution is 2.22. The van der Waals surface area contributed by atoms with Gasteiger partial charge in [-0.25, -0.2) is 4.39 Å². The van der Waals surface area contributed by atoms with Crippen LogP contribution in [0.5, 0.6) is 0 Å². The maximum atomic E-state index is 13.6. The van der Waals surface area contributed by atoms with Gasteiger partial charge < -0.3 is 20.5 Å². The summed E-state index contributed by atoms with van der Waals surface area (Å²) in [6.07, 6.45) is 0. The number of carbonyl (C=O) groups is 1. The van der Waals surface area contributed by atoms with Crippen molar-refractivity contribution in [2.24, 2.45) is 5.73 Å². The van der Waals surface area contributed by atoms with E-state index in [2.05, 4.69) is 10.2 Å². The standard InChI is InChI=1S/C16H24FN3O3/c1-22-11-14(18)16(21)19-10-15(20-5-7-23-8-6-20)12-3-2-4-13(17)9-12/h2-4,9,14-15H,5-8,10-11,18H2,1H3,(H,19,21). The van der Waals surface area contributed by atoms with Gasteiger partial charge in [-0.3, -0.25) is 9.69 Å². The Kier molecular flexibility index (Phi) is 6.91. The Morgan fingerprint density at radius 3 is 2.87 bits per heavy atom. The molecule has 2 rings (SSSR count). The maximum Gasteiger partial charge on any atom is 0.239 e. The van der Waals surface area contributed by atoms with Gasteiger partial charge in [0.15, 0.2) is 0 Å². The summed E-state index contributed by atoms with van der Waals surface area (Å²) in [6, 6.07) is 5.63. The number of morpholine rings is 1. The van der Waals surface area contributed by atoms with Crippen LogP contribution in [0.25, 0.3) is 0 Å². The Bertz CT molecular complexity index is 509. The van der Waals surface area contributed by atoms with Gasteiger partial charge in [-0.15, -0.1) is 0 Å². The van der Waals surface area contributed by atoms with Crippen molar-refractivity contribution in [1.29, 1.82) is 0 Å². The number of rotatable bonds is 7. The number of methoxy groups -OCH3 is 1. The summed E-state index contributed by atoms with van der Waals surface area (Å²) < 4.78 is 23.8. The van der Waals surface area contributed by atoms with Crippen LogP contribution in [0.3, 0.4) is 0 Å². The van der Waals surface area contributed by atoms with Crippen LogP contribution < -0.4 is 11.1 Å². The molecule has 0 aliphatic carbocycles. The molecule has 1 aromatic carbocycles. The molecule has 3 N–H and O–H groups in total. The number of nitrogens with two attached hydrogens (primary N) is 1. The third-order valence-electron chi connectivity index (χ3n) is 3.87. The summed E-state index contributed by atoms with van der Waals surface area (Å²) in [5.74, 6) is -0.565. The number of carbonyl (C=O) groups excluding carboxylic acids is 1. The molecule has 23 heavy (non-hydrogen) atoms. The second-order valence-electron chi connectivity index (χ2n) is 5.53. The van der Waals surface area contributed by atoms with Crippen molar-refractivity contribution < 1.29 is 18.7 Å². The van der Waals surface area contributed by atoms with E-state index in [0.717, 1.165) is 18.7 Å². The maximum absolute atomic E-state index is 13.6. The van der Waals surface area contributed by atoms with Gasteiger partial charge in [-0.2, -0.15) is 0 Å². The van der Waals surface area contributed by atoms with Gasteiger partial charge in [0.05, 0.1) is 25.9 Å². The molecule has 1 saturated heterocycles. The minimum atomic E-state index is -0.710. The number of ether oxygens (including phenoxy) is 2. The molecule has 6 nitrogen and oxygen atoms in total. The highest BCUT2D eigenvalue weighted by atomic mass is 19.1. The fourth-order valence-corrected chi connectivity index (χ4v) is 2.64. The van der Waals surface area contributed by atoms with E-state index in [-0.39, 0.29) is 24.4 Å². The first-order valence-corrected chi connectivity index (χ1v) is 7.71. The SMILES string of the molecule is COCC(N)C(=O)NCC(c1cccc(F)c1)N1CCOCC1. The Morgan fingerprint density at radius 2 is 2.22 bits per heavy atom. The fraction of sp³-hybridized carbons (Fsp3) is 0.562. The summed E-state index contributed by atoms with van der Waals surface area (Å²) in [5.41, 5.74) is 6.55. The topological polar surface area (TPSA) is 76.8 Å². The zero-order chi connectivity index (χ0) is 16.7. The minimum Gasteiger partial charge on any atom is -0.383 e. The van der Waals surface area contributed by atoms with Gasteiger partial charge in [-0.05, 0) is 17.7 Å². The van der Waals surface area contributed by atoms with E-state index in [1.807, 2.05) is 6.07 Å². The predicted octanol–water partition coefficient (Wildman–Crippen LogP) is 0.289. The van der Waals surface area contributed by atoms with E-state index in [4.69, 9.17) is 15.2 Å². The van der Waals surface area contributed by atoms with Crippen molar-refractivity contribution in [1.82, 2.24) is 10.2 Å². The van der Waals surface area contributed by atoms with Gasteiger partial charge >= 0.3 is 0 Å². The lowest BCUT2D eigenvalue weighted by molar-refractivity contribution is -0.123. The van der Waals surface area contributed by atoms with Crippen molar-refractivity contribution in [2.45, 2.75) is 12.1 Å². The molecule has 1 fully saturated rings. The molecule has 0 aromatic heterocycles. The van der Waals surface area contributed by atoms with Crippen LogP contribution in [-0.4, -0.2) is 63.4 Å². The quantitative estimate of drug-likeness (QED) is 0.753. The molecule has 1 aliphatic rings. The van der Waals surface area contributed by atoms with Gasteiger partial charge in [0.2, 0.25) is 5.91 Å². The van der Waals surface area contributed by atoms with E-state index >= 15 is 0 Å². The Hall–Kier alpha value is -1.54. The number of nitrogens with one attached hydrogen (secondary N) is 1. The van der Waals surface area contributed by atoms with Gasteiger partial charge in [0, 0.05) is 26.7 Å². The molecule has 0 saturated carbocycles. The molecule has 1 heterocycles. The molecular weight excluding hydrogens is 301 g/mol. The summed E-state index contributed by atoms with van der Waals surface area (Å²) in [5, 5.41) is 2.83. The average Bonchev–Trinajstić information content (AvgIpc) is 2.56. The first kappa shape index (κ1) is 17.8. The monoisotopic (exact) mass is 325 g/mol. The van der Waals surface area contributed by atoms with Gasteiger partial charge in [0.1, 0.15) is 11.9 Å². The lowest BCUT2D eigenvalue weighted by Crippen LogP contribution is -2.48. The lowest BCUT2D eigenvalue weighted by Gasteiger charge is -2.35. The normalized spacial score (nSPS) is 18.4. The second-order valence-corrected chi connectivity index (χ2v) is 5.53. The fourth-order valence-electron chi connectivity index (χ4n) is 2.64. The highest BCUT2D eigenvalue weighted by Gasteiger charge is 2.24. The summed E-state index contributed by atoms with van der Waals surface area (Å²) in [4.78, 5) is 14.2. The van der Waals surface area contributed by atoms with Crippen LogP contribution >= 0.6 is 0 Å². The molecule has 2 atom stereocenters. The molecule has 0 bridgehead atoms. The van der Waals surface area contributed by atoms with Gasteiger partial charge in [0.25, 0.3) is 0 Å². The first-order valence-electron chi connectivity index (χ1n) is 7.71. The van der Waals surface area contributed by atoms with Crippen LogP contribution in [0.1, 0.15) is 11.6 Å². The van der Waals surface area contributed by atoms with Crippen LogP contribution in [0, 0.1) is 5.82 Å². The third-order valence-corrected chi connectivity index (χ3v) is 3.87. The van der Waals surface area contributed by atoms with Crippen molar-refractivity contribution in [3.8, 4) is 0 Å². The summed E-state index contributed by atoms with van der Waals surface area (Å²) in [6.45, 7) is 3.25. The second kappa shape index (κ2) is 8.93. The molecular formula is C16H24FN3O3. The van der Waals surface area contributed by atoms with Crippen molar-refractivity contribution in [2.75, 3.05) is 46.6 Å². The molecule has 2 unspecified atom stereocenters. The van der Waals surface area contributed by atoms with Crippen molar-refractivity contribution >= 4 is 5.91 Å². The Morgan fingerprint density at radius 1 is 1.48 bits per heavy atom. The number of hydrogen-bond donors (Lipinski definition) is 2. The average molecular weight is 325 g/mol. The van der Waals surface area contributed by atoms with Crippen LogP contribution in [0.15, 0.2) is 24.3 Å². The molecule has 7 heteroatoms. The molecule has 0 radical (unpaired) electrons. The number of hydrogen-bond acceptors (Lipinski definition) is 5. The van der Waals surface area contributed by atoms with Crippen LogP contribution in [0.2, 0.25) is 0 Å². The number of amides is 1. The number of nitrogens with zero attached hydrogens (tertiary/aromatic N) is 1. The first-order chi connectivity index (χ1) is 11.1. The van der Waals surface area contributed by atoms with Crippen molar-refractivity contribution in [3.63, 3.8) is 0 Å². The summed E-state index contributed by atoms with van der Waals surface area (Å²) >= 11 is 0. The zero-order valence-electron chi connectivity index (χ0n) is 13.3. The van der Waals surface area contributed by atoms with Crippen LogP contribution in [0.4, 0.5) is 4.39 Å². The van der Waals surface area contributed by atoms with E-state index in [1.54, 1.807) is 6.07 Å². The van der Waals surface area contributed by atoms with E-state index in [1.165, 1.54) is 19.2 Å². The molecule has 1 amide bonds. The molecule has 0 spiro atoms. The highest BCUT2D eigenvalue weighted by molar-refractivity contribution is 5.81. The van der Waals surface area contributed by atoms with Crippen molar-refractivity contribution in [3.05, 3.63) is 35.6 Å². The smallest absolute Gasteiger partial charge is 0.239 e. The van der Waals surface area contributed by atoms with Gasteiger partial charge in [-0.1, -0.05) is 12.1 Å². The zero-order valence-corrected chi connectivity index (χ0v) is 13.3. The lowest BCUT2D eigenvalue weighted by atomic mass is 10.0. The minimum absolute atomic E-state index is 0.117. The van der Waals surface area contributed by atoms with E-state index < -0.39 is 6.04 Å². The largest absolute Gasteiger partial charge is 0.383 e. The number of benzene rings is 1. The third kappa shape index (κ3) is 5.24. The Labute approximate surface area is 135 Å². The van der Waals surface area contributed by atoms with E-state index in [0.29, 0.717) is 19.8 Å². The van der Waals surface area contributed by atoms with E-state index in [9.17, 15) is 9.18 Å². The summed E-state index contributed by atoms with van der Waals surface area (Å²) in [7, 11) is 1.50. The van der Waals surface area contributed by atoms with Crippen LogP contribution in [-0.2, 0) is 14.3 Å². The Balaban J connectivity index is 2.06. The predicted molar refractivity (Wildman–Crippen MR) is 84.4 cm³/mol. The molecule has 1 aromatic rings. The molecule has 128 valence electrons.